The van der Waals surface area contributed by atoms with Crippen LogP contribution in [0.3, 0.4) is 0 Å². The fraction of sp³-hybridized carbons (Fsp3) is 0.267. The molecular weight excluding hydrogens is 465 g/mol. The molecule has 2 aliphatic carbocycles. The van der Waals surface area contributed by atoms with E-state index in [1.807, 2.05) is 29.1 Å². The molecule has 4 aromatic rings. The molecule has 37 heavy (non-hydrogen) atoms. The van der Waals surface area contributed by atoms with E-state index in [2.05, 4.69) is 45.5 Å². The van der Waals surface area contributed by atoms with Gasteiger partial charge in [0.15, 0.2) is 0 Å². The quantitative estimate of drug-likeness (QED) is 0.373. The molecular formula is C30H28FN5O. The maximum absolute atomic E-state index is 13.5. The number of hydrogen-bond acceptors (Lipinski definition) is 4. The van der Waals surface area contributed by atoms with E-state index in [0.29, 0.717) is 11.5 Å². The van der Waals surface area contributed by atoms with Gasteiger partial charge in [-0.15, -0.1) is 0 Å². The third-order valence-electron chi connectivity index (χ3n) is 8.07. The number of allylic oxidation sites excluding steroid dienone is 1. The lowest BCUT2D eigenvalue weighted by atomic mass is 9.68. The molecule has 1 fully saturated rings. The number of nitrogens with one attached hydrogen (secondary N) is 1. The Hall–Kier alpha value is -4.13. The third kappa shape index (κ3) is 4.35. The van der Waals surface area contributed by atoms with Crippen LogP contribution >= 0.6 is 0 Å². The molecule has 7 heteroatoms. The topological polar surface area (TPSA) is 72.7 Å². The lowest BCUT2D eigenvalue weighted by Crippen LogP contribution is -2.35. The Morgan fingerprint density at radius 1 is 1.11 bits per heavy atom. The van der Waals surface area contributed by atoms with Crippen molar-refractivity contribution < 1.29 is 9.18 Å². The van der Waals surface area contributed by atoms with Crippen molar-refractivity contribution in [3.05, 3.63) is 113 Å². The summed E-state index contributed by atoms with van der Waals surface area (Å²) in [6.07, 6.45) is 12.5. The van der Waals surface area contributed by atoms with E-state index in [1.165, 1.54) is 29.6 Å². The minimum absolute atomic E-state index is 0.0166. The van der Waals surface area contributed by atoms with Crippen molar-refractivity contribution in [1.82, 2.24) is 25.1 Å². The van der Waals surface area contributed by atoms with Gasteiger partial charge in [0.1, 0.15) is 12.1 Å². The highest BCUT2D eigenvalue weighted by Gasteiger charge is 2.46. The first-order valence-corrected chi connectivity index (χ1v) is 12.7. The number of rotatable bonds is 6. The van der Waals surface area contributed by atoms with Gasteiger partial charge >= 0.3 is 0 Å². The number of nitrogens with zero attached hydrogens (tertiary/aromatic N) is 4. The van der Waals surface area contributed by atoms with Gasteiger partial charge in [-0.3, -0.25) is 4.79 Å². The van der Waals surface area contributed by atoms with E-state index in [9.17, 15) is 9.18 Å². The second-order valence-electron chi connectivity index (χ2n) is 10.2. The van der Waals surface area contributed by atoms with Crippen molar-refractivity contribution in [2.45, 2.75) is 38.6 Å². The number of benzene rings is 2. The average molecular weight is 494 g/mol. The Morgan fingerprint density at radius 3 is 2.62 bits per heavy atom. The highest BCUT2D eigenvalue weighted by atomic mass is 19.1. The van der Waals surface area contributed by atoms with Gasteiger partial charge in [-0.05, 0) is 78.5 Å². The number of hydrogen-bond donors (Lipinski definition) is 1. The van der Waals surface area contributed by atoms with Crippen molar-refractivity contribution in [2.24, 2.45) is 11.3 Å². The minimum atomic E-state index is -0.255. The Kier molecular flexibility index (Phi) is 5.91. The molecule has 6 rings (SSSR count). The monoisotopic (exact) mass is 493 g/mol. The number of aromatic nitrogens is 4. The molecule has 0 bridgehead atoms. The van der Waals surface area contributed by atoms with Crippen LogP contribution in [0.5, 0.6) is 0 Å². The van der Waals surface area contributed by atoms with Gasteiger partial charge in [0.25, 0.3) is 5.91 Å². The van der Waals surface area contributed by atoms with Gasteiger partial charge in [-0.1, -0.05) is 42.8 Å². The summed E-state index contributed by atoms with van der Waals surface area (Å²) in [6.45, 7) is 2.35. The summed E-state index contributed by atoms with van der Waals surface area (Å²) < 4.78 is 15.4. The Balaban J connectivity index is 1.27. The molecule has 1 unspecified atom stereocenters. The Bertz CT molecular complexity index is 1450. The molecule has 2 aliphatic rings. The summed E-state index contributed by atoms with van der Waals surface area (Å²) in [5.41, 5.74) is 6.09. The molecule has 3 atom stereocenters. The van der Waals surface area contributed by atoms with Crippen LogP contribution in [0.1, 0.15) is 59.4 Å². The van der Waals surface area contributed by atoms with Gasteiger partial charge < -0.3 is 5.32 Å². The summed E-state index contributed by atoms with van der Waals surface area (Å²) in [4.78, 5) is 21.0. The van der Waals surface area contributed by atoms with E-state index < -0.39 is 0 Å². The summed E-state index contributed by atoms with van der Waals surface area (Å²) in [6, 6.07) is 16.5. The van der Waals surface area contributed by atoms with Crippen LogP contribution in [0.25, 0.3) is 11.8 Å². The maximum atomic E-state index is 13.5. The largest absolute Gasteiger partial charge is 0.345 e. The summed E-state index contributed by atoms with van der Waals surface area (Å²) in [7, 11) is 0. The van der Waals surface area contributed by atoms with E-state index in [0.717, 1.165) is 42.6 Å². The van der Waals surface area contributed by atoms with Gasteiger partial charge in [-0.2, -0.15) is 5.10 Å². The highest BCUT2D eigenvalue weighted by molar-refractivity contribution is 5.93. The van der Waals surface area contributed by atoms with Crippen LogP contribution in [-0.4, -0.2) is 25.7 Å². The predicted molar refractivity (Wildman–Crippen MR) is 139 cm³/mol. The van der Waals surface area contributed by atoms with Gasteiger partial charge in [-0.25, -0.2) is 19.0 Å². The van der Waals surface area contributed by atoms with Gasteiger partial charge in [0.2, 0.25) is 0 Å². The van der Waals surface area contributed by atoms with Gasteiger partial charge in [0.05, 0.1) is 29.2 Å². The summed E-state index contributed by atoms with van der Waals surface area (Å²) >= 11 is 0. The molecule has 1 N–H and O–H groups in total. The van der Waals surface area contributed by atoms with E-state index >= 15 is 0 Å². The second kappa shape index (κ2) is 9.39. The van der Waals surface area contributed by atoms with Crippen molar-refractivity contribution >= 4 is 12.0 Å². The standard InChI is InChI=1S/C30H28FN5O/c1-30-15-21-18-34-36(26-11-9-25(31)10-12-26)28(21)14-24(30)8-7-23(30)13-27(20-5-3-2-4-6-20)35-29(37)22-16-32-19-33-17-22/h2-6,9-12,14,16-19,23,27H,7-8,13,15H2,1H3,(H,35,37)/t23-,27?,30-/m1/s1. The molecule has 0 radical (unpaired) electrons. The average Bonchev–Trinajstić information content (AvgIpc) is 3.47. The van der Waals surface area contributed by atoms with Crippen molar-refractivity contribution in [1.29, 1.82) is 0 Å². The van der Waals surface area contributed by atoms with E-state index in [4.69, 9.17) is 0 Å². The Labute approximate surface area is 215 Å². The number of carbonyl (C=O) groups is 1. The first kappa shape index (κ1) is 23.3. The first-order valence-electron chi connectivity index (χ1n) is 12.7. The SMILES string of the molecule is C[C@]12Cc3cnn(-c4ccc(F)cc4)c3C=C1CC[C@@H]2CC(NC(=O)c1cncnc1)c1ccccc1. The molecule has 1 saturated carbocycles. The van der Waals surface area contributed by atoms with Crippen molar-refractivity contribution in [3.63, 3.8) is 0 Å². The molecule has 1 amide bonds. The molecule has 6 nitrogen and oxygen atoms in total. The normalized spacial score (nSPS) is 21.0. The van der Waals surface area contributed by atoms with E-state index in [1.54, 1.807) is 24.5 Å². The minimum Gasteiger partial charge on any atom is -0.345 e. The number of amides is 1. The lowest BCUT2D eigenvalue weighted by Gasteiger charge is -2.37. The number of fused-ring (bicyclic) bond motifs is 2. The maximum Gasteiger partial charge on any atom is 0.254 e. The summed E-state index contributed by atoms with van der Waals surface area (Å²) in [5.74, 6) is -0.0346. The van der Waals surface area contributed by atoms with Crippen LogP contribution in [0, 0.1) is 17.2 Å². The van der Waals surface area contributed by atoms with Crippen molar-refractivity contribution in [2.75, 3.05) is 0 Å². The Morgan fingerprint density at radius 2 is 1.86 bits per heavy atom. The molecule has 2 aromatic heterocycles. The first-order chi connectivity index (χ1) is 18.0. The van der Waals surface area contributed by atoms with Crippen LogP contribution in [0.2, 0.25) is 0 Å². The zero-order valence-corrected chi connectivity index (χ0v) is 20.6. The second-order valence-corrected chi connectivity index (χ2v) is 10.2. The van der Waals surface area contributed by atoms with Crippen LogP contribution in [0.4, 0.5) is 4.39 Å². The lowest BCUT2D eigenvalue weighted by molar-refractivity contribution is 0.0922. The predicted octanol–water partition coefficient (Wildman–Crippen LogP) is 5.72. The molecule has 186 valence electrons. The summed E-state index contributed by atoms with van der Waals surface area (Å²) in [5, 5.41) is 7.90. The van der Waals surface area contributed by atoms with Gasteiger partial charge in [0, 0.05) is 12.4 Å². The molecule has 0 aliphatic heterocycles. The zero-order valence-electron chi connectivity index (χ0n) is 20.6. The van der Waals surface area contributed by atoms with Crippen molar-refractivity contribution in [3.8, 4) is 5.69 Å². The molecule has 0 saturated heterocycles. The van der Waals surface area contributed by atoms with Crippen LogP contribution in [0.15, 0.2) is 85.1 Å². The molecule has 0 spiro atoms. The van der Waals surface area contributed by atoms with E-state index in [-0.39, 0.29) is 23.2 Å². The smallest absolute Gasteiger partial charge is 0.254 e. The number of halogens is 1. The van der Waals surface area contributed by atoms with Crippen LogP contribution < -0.4 is 5.32 Å². The third-order valence-corrected chi connectivity index (χ3v) is 8.07. The fourth-order valence-corrected chi connectivity index (χ4v) is 6.01. The zero-order chi connectivity index (χ0) is 25.4. The highest BCUT2D eigenvalue weighted by Crippen LogP contribution is 2.55. The molecule has 2 aromatic carbocycles. The fourth-order valence-electron chi connectivity index (χ4n) is 6.01. The van der Waals surface area contributed by atoms with Crippen LogP contribution in [-0.2, 0) is 6.42 Å². The molecule has 2 heterocycles. The number of carbonyl (C=O) groups excluding carboxylic acids is 1.